The van der Waals surface area contributed by atoms with Gasteiger partial charge in [-0.2, -0.15) is 0 Å². The molecule has 188 valence electrons. The Bertz CT molecular complexity index is 1580. The first-order chi connectivity index (χ1) is 19.3. The summed E-state index contributed by atoms with van der Waals surface area (Å²) in [5, 5.41) is 2.14. The van der Waals surface area contributed by atoms with Crippen molar-refractivity contribution in [2.45, 2.75) is 6.42 Å². The predicted octanol–water partition coefficient (Wildman–Crippen LogP) is 10.4. The Balaban J connectivity index is 1.34. The monoisotopic (exact) mass is 519 g/mol. The van der Waals surface area contributed by atoms with Crippen LogP contribution in [0, 0.1) is 0 Å². The molecule has 0 aliphatic rings. The maximum atomic E-state index is 2.29. The molecule has 0 unspecified atom stereocenters. The summed E-state index contributed by atoms with van der Waals surface area (Å²) in [6, 6.07) is 53.9. The van der Waals surface area contributed by atoms with Crippen molar-refractivity contribution in [3.63, 3.8) is 0 Å². The third-order valence-corrected chi connectivity index (χ3v) is 7.68. The average molecular weight is 520 g/mol. The summed E-state index contributed by atoms with van der Waals surface area (Å²) in [6.07, 6.45) is 3.27. The van der Waals surface area contributed by atoms with Crippen molar-refractivity contribution in [1.82, 2.24) is 0 Å². The second kappa shape index (κ2) is 11.8. The van der Waals surface area contributed by atoms with E-state index in [2.05, 4.69) is 168 Å². The quantitative estimate of drug-likeness (QED) is 0.181. The largest absolute Gasteiger partial charge is 0.311 e. The lowest BCUT2D eigenvalue weighted by molar-refractivity contribution is 1.24. The molecule has 1 nitrogen and oxygen atoms in total. The molecule has 2 heteroatoms. The van der Waals surface area contributed by atoms with E-state index in [0.29, 0.717) is 0 Å². The highest BCUT2D eigenvalue weighted by molar-refractivity contribution is 7.09. The van der Waals surface area contributed by atoms with Crippen molar-refractivity contribution in [2.24, 2.45) is 0 Å². The summed E-state index contributed by atoms with van der Waals surface area (Å²) in [6.45, 7) is 0. The van der Waals surface area contributed by atoms with Gasteiger partial charge in [0.25, 0.3) is 0 Å². The molecule has 0 amide bonds. The van der Waals surface area contributed by atoms with Crippen LogP contribution in [0.2, 0.25) is 0 Å². The maximum Gasteiger partial charge on any atom is 0.0462 e. The van der Waals surface area contributed by atoms with Gasteiger partial charge in [-0.05, 0) is 81.7 Å². The molecule has 0 saturated carbocycles. The number of thiophene rings is 1. The number of para-hydroxylation sites is 2. The third kappa shape index (κ3) is 5.93. The van der Waals surface area contributed by atoms with Crippen molar-refractivity contribution in [3.05, 3.63) is 184 Å². The summed E-state index contributed by atoms with van der Waals surface area (Å²) in [5.74, 6) is 0. The van der Waals surface area contributed by atoms with Gasteiger partial charge in [-0.25, -0.2) is 0 Å². The molecular weight excluding hydrogens is 490 g/mol. The molecule has 1 aromatic heterocycles. The van der Waals surface area contributed by atoms with Crippen molar-refractivity contribution in [3.8, 4) is 0 Å². The Morgan fingerprint density at radius 1 is 0.513 bits per heavy atom. The van der Waals surface area contributed by atoms with Crippen LogP contribution in [0.25, 0.3) is 11.6 Å². The second-order valence-electron chi connectivity index (χ2n) is 9.48. The van der Waals surface area contributed by atoms with Gasteiger partial charge in [-0.15, -0.1) is 11.3 Å². The molecule has 0 aliphatic heterocycles. The highest BCUT2D eigenvalue weighted by atomic mass is 32.1. The number of rotatable bonds is 8. The molecule has 5 aromatic carbocycles. The van der Waals surface area contributed by atoms with Crippen molar-refractivity contribution >= 4 is 40.0 Å². The molecule has 0 N–H and O–H groups in total. The van der Waals surface area contributed by atoms with Crippen molar-refractivity contribution in [2.75, 3.05) is 4.90 Å². The average Bonchev–Trinajstić information content (AvgIpc) is 3.52. The van der Waals surface area contributed by atoms with Crippen LogP contribution in [0.15, 0.2) is 157 Å². The van der Waals surface area contributed by atoms with E-state index < -0.39 is 0 Å². The van der Waals surface area contributed by atoms with Gasteiger partial charge in [0.2, 0.25) is 0 Å². The molecule has 0 aliphatic carbocycles. The number of hydrogen-bond donors (Lipinski definition) is 0. The van der Waals surface area contributed by atoms with E-state index in [1.54, 1.807) is 0 Å². The zero-order valence-corrected chi connectivity index (χ0v) is 22.5. The first-order valence-corrected chi connectivity index (χ1v) is 14.1. The van der Waals surface area contributed by atoms with E-state index in [9.17, 15) is 0 Å². The normalized spacial score (nSPS) is 11.3. The van der Waals surface area contributed by atoms with Crippen LogP contribution in [0.5, 0.6) is 0 Å². The van der Waals surface area contributed by atoms with Crippen molar-refractivity contribution < 1.29 is 0 Å². The molecule has 0 saturated heterocycles. The van der Waals surface area contributed by atoms with E-state index in [1.165, 1.54) is 32.7 Å². The van der Waals surface area contributed by atoms with Gasteiger partial charge in [-0.3, -0.25) is 0 Å². The fourth-order valence-corrected chi connectivity index (χ4v) is 5.59. The van der Waals surface area contributed by atoms with Crippen LogP contribution in [0.4, 0.5) is 17.1 Å². The van der Waals surface area contributed by atoms with E-state index in [0.717, 1.165) is 23.5 Å². The zero-order valence-electron chi connectivity index (χ0n) is 21.7. The molecule has 0 radical (unpaired) electrons. The smallest absolute Gasteiger partial charge is 0.0462 e. The molecule has 39 heavy (non-hydrogen) atoms. The van der Waals surface area contributed by atoms with Gasteiger partial charge in [0, 0.05) is 28.4 Å². The lowest BCUT2D eigenvalue weighted by Crippen LogP contribution is -2.09. The van der Waals surface area contributed by atoms with Crippen LogP contribution in [0.3, 0.4) is 0 Å². The third-order valence-electron chi connectivity index (χ3n) is 6.80. The van der Waals surface area contributed by atoms with E-state index >= 15 is 0 Å². The minimum atomic E-state index is 0.975. The number of nitrogens with zero attached hydrogens (tertiary/aromatic N) is 1. The summed E-state index contributed by atoms with van der Waals surface area (Å²) < 4.78 is 0. The standard InChI is InChI=1S/C37H29NS/c1-4-11-31(12-5-1)37(32-22-18-29(19-23-32)27-36-17-10-26-39-36)28-30-20-24-35(25-21-30)38(33-13-6-2-7-14-33)34-15-8-3-9-16-34/h1-26,28H,27H2. The number of benzene rings is 5. The molecule has 0 spiro atoms. The van der Waals surface area contributed by atoms with E-state index in [4.69, 9.17) is 0 Å². The summed E-state index contributed by atoms with van der Waals surface area (Å²) in [7, 11) is 0. The predicted molar refractivity (Wildman–Crippen MR) is 168 cm³/mol. The van der Waals surface area contributed by atoms with Crippen LogP contribution in [-0.2, 0) is 6.42 Å². The Morgan fingerprint density at radius 3 is 1.62 bits per heavy atom. The van der Waals surface area contributed by atoms with Crippen LogP contribution in [0.1, 0.15) is 27.1 Å². The minimum absolute atomic E-state index is 0.975. The molecular formula is C37H29NS. The highest BCUT2D eigenvalue weighted by Gasteiger charge is 2.12. The zero-order chi connectivity index (χ0) is 26.3. The maximum absolute atomic E-state index is 2.29. The minimum Gasteiger partial charge on any atom is -0.311 e. The Labute approximate surface area is 235 Å². The van der Waals surface area contributed by atoms with Crippen LogP contribution in [-0.4, -0.2) is 0 Å². The molecule has 6 rings (SSSR count). The molecule has 0 atom stereocenters. The van der Waals surface area contributed by atoms with E-state index in [-0.39, 0.29) is 0 Å². The lowest BCUT2D eigenvalue weighted by atomic mass is 9.94. The summed E-state index contributed by atoms with van der Waals surface area (Å²) >= 11 is 1.81. The van der Waals surface area contributed by atoms with Crippen molar-refractivity contribution in [1.29, 1.82) is 0 Å². The van der Waals surface area contributed by atoms with Gasteiger partial charge >= 0.3 is 0 Å². The topological polar surface area (TPSA) is 3.24 Å². The fraction of sp³-hybridized carbons (Fsp3) is 0.0270. The first kappa shape index (κ1) is 24.7. The Hall–Kier alpha value is -4.66. The molecule has 0 fully saturated rings. The van der Waals surface area contributed by atoms with Crippen LogP contribution < -0.4 is 4.90 Å². The van der Waals surface area contributed by atoms with Gasteiger partial charge in [0.05, 0.1) is 0 Å². The molecule has 1 heterocycles. The number of hydrogen-bond acceptors (Lipinski definition) is 2. The van der Waals surface area contributed by atoms with Gasteiger partial charge in [0.15, 0.2) is 0 Å². The first-order valence-electron chi connectivity index (χ1n) is 13.2. The Morgan fingerprint density at radius 2 is 1.05 bits per heavy atom. The lowest BCUT2D eigenvalue weighted by Gasteiger charge is -2.25. The SMILES string of the molecule is C(=C(c1ccccc1)c1ccc(Cc2cccs2)cc1)c1ccc(N(c2ccccc2)c2ccccc2)cc1. The number of anilines is 3. The Kier molecular flexibility index (Phi) is 7.47. The fourth-order valence-electron chi connectivity index (χ4n) is 4.86. The van der Waals surface area contributed by atoms with Gasteiger partial charge in [-0.1, -0.05) is 109 Å². The molecule has 0 bridgehead atoms. The van der Waals surface area contributed by atoms with Gasteiger partial charge < -0.3 is 4.90 Å². The van der Waals surface area contributed by atoms with Gasteiger partial charge in [0.1, 0.15) is 0 Å². The second-order valence-corrected chi connectivity index (χ2v) is 10.5. The van der Waals surface area contributed by atoms with Crippen LogP contribution >= 0.6 is 11.3 Å². The summed E-state index contributed by atoms with van der Waals surface area (Å²) in [4.78, 5) is 3.68. The highest BCUT2D eigenvalue weighted by Crippen LogP contribution is 2.35. The molecule has 6 aromatic rings. The summed E-state index contributed by atoms with van der Waals surface area (Å²) in [5.41, 5.74) is 9.55. The van der Waals surface area contributed by atoms with E-state index in [1.807, 2.05) is 11.3 Å².